The van der Waals surface area contributed by atoms with E-state index in [-0.39, 0.29) is 17.1 Å². The molecule has 4 unspecified atom stereocenters. The van der Waals surface area contributed by atoms with Gasteiger partial charge in [0.05, 0.1) is 11.2 Å². The van der Waals surface area contributed by atoms with E-state index in [1.165, 1.54) is 0 Å². The Kier molecular flexibility index (Phi) is 4.59. The minimum atomic E-state index is -1.14. The third-order valence-electron chi connectivity index (χ3n) is 7.39. The number of benzene rings is 1. The van der Waals surface area contributed by atoms with Crippen LogP contribution in [0, 0.1) is 11.3 Å². The van der Waals surface area contributed by atoms with Crippen molar-refractivity contribution in [3.05, 3.63) is 71.1 Å². The number of nitrogens with one attached hydrogen (secondary N) is 2. The summed E-state index contributed by atoms with van der Waals surface area (Å²) in [5.41, 5.74) is 2.37. The van der Waals surface area contributed by atoms with E-state index < -0.39 is 17.6 Å². The summed E-state index contributed by atoms with van der Waals surface area (Å²) in [5, 5.41) is 22.5. The molecule has 2 aliphatic carbocycles. The molecule has 0 amide bonds. The maximum atomic E-state index is 13.4. The first kappa shape index (κ1) is 20.9. The van der Waals surface area contributed by atoms with Crippen LogP contribution in [0.1, 0.15) is 32.8 Å². The van der Waals surface area contributed by atoms with Gasteiger partial charge in [0.2, 0.25) is 0 Å². The van der Waals surface area contributed by atoms with Crippen molar-refractivity contribution in [3.8, 4) is 0 Å². The fourth-order valence-corrected chi connectivity index (χ4v) is 5.74. The Hall–Kier alpha value is -2.96. The van der Waals surface area contributed by atoms with Crippen molar-refractivity contribution in [1.29, 1.82) is 0 Å². The number of allylic oxidation sites excluding steroid dienone is 1. The molecule has 4 atom stereocenters. The Morgan fingerprint density at radius 2 is 2.03 bits per heavy atom. The summed E-state index contributed by atoms with van der Waals surface area (Å²) in [5.74, 6) is -1.21. The molecular formula is C26H29N2O4+. The normalized spacial score (nSPS) is 29.6. The second-order valence-corrected chi connectivity index (χ2v) is 10.2. The van der Waals surface area contributed by atoms with Gasteiger partial charge in [-0.1, -0.05) is 38.1 Å². The standard InChI is InChI=1S/C26H28N2O4/c1-25(2)11-17-20(12-25)26(3,32)19-8-9-28(14-18(19)23(17)29)22(24(30)31)10-15-13-27-21-7-5-4-6-16(15)21/h4-8,11,13-14,20,22,27,32H,9-10,12H2,1-3H3,(H,30,31)/p+1. The number of aliphatic carboxylic acids is 1. The van der Waals surface area contributed by atoms with Crippen LogP contribution in [0.5, 0.6) is 0 Å². The lowest BCUT2D eigenvalue weighted by Crippen LogP contribution is -3.13. The minimum Gasteiger partial charge on any atom is -0.477 e. The zero-order valence-electron chi connectivity index (χ0n) is 18.6. The van der Waals surface area contributed by atoms with E-state index in [2.05, 4.69) is 18.8 Å². The molecule has 1 aromatic carbocycles. The molecule has 2 heterocycles. The molecule has 2 aromatic rings. The molecule has 0 saturated heterocycles. The quantitative estimate of drug-likeness (QED) is 0.595. The van der Waals surface area contributed by atoms with Crippen molar-refractivity contribution in [2.45, 2.75) is 45.3 Å². The molecule has 4 N–H and O–H groups in total. The molecular weight excluding hydrogens is 404 g/mol. The first-order valence-corrected chi connectivity index (χ1v) is 11.1. The van der Waals surface area contributed by atoms with E-state index in [4.69, 9.17) is 0 Å². The molecule has 166 valence electrons. The highest BCUT2D eigenvalue weighted by atomic mass is 16.4. The Morgan fingerprint density at radius 3 is 2.78 bits per heavy atom. The van der Waals surface area contributed by atoms with Gasteiger partial charge < -0.3 is 15.2 Å². The number of Topliss-reactive ketones (excluding diaryl/α,β-unsaturated/α-hetero) is 1. The number of hydrogen-bond donors (Lipinski definition) is 4. The number of ketones is 1. The van der Waals surface area contributed by atoms with E-state index in [9.17, 15) is 19.8 Å². The van der Waals surface area contributed by atoms with Crippen molar-refractivity contribution in [2.24, 2.45) is 11.3 Å². The third kappa shape index (κ3) is 3.17. The fourth-order valence-electron chi connectivity index (χ4n) is 5.74. The van der Waals surface area contributed by atoms with E-state index in [0.29, 0.717) is 34.6 Å². The Labute approximate surface area is 186 Å². The zero-order valence-corrected chi connectivity index (χ0v) is 18.6. The van der Waals surface area contributed by atoms with Crippen molar-refractivity contribution in [2.75, 3.05) is 6.54 Å². The average molecular weight is 434 g/mol. The molecule has 6 nitrogen and oxygen atoms in total. The van der Waals surface area contributed by atoms with Crippen molar-refractivity contribution >= 4 is 22.7 Å². The lowest BCUT2D eigenvalue weighted by Gasteiger charge is -2.41. The first-order valence-electron chi connectivity index (χ1n) is 11.1. The molecule has 0 radical (unpaired) electrons. The Balaban J connectivity index is 1.50. The van der Waals surface area contributed by atoms with Crippen LogP contribution in [0.2, 0.25) is 0 Å². The second-order valence-electron chi connectivity index (χ2n) is 10.2. The zero-order chi connectivity index (χ0) is 22.8. The lowest BCUT2D eigenvalue weighted by molar-refractivity contribution is -0.859. The number of H-pyrrole nitrogens is 1. The van der Waals surface area contributed by atoms with Gasteiger partial charge in [0.1, 0.15) is 12.7 Å². The van der Waals surface area contributed by atoms with Crippen LogP contribution in [0.25, 0.3) is 10.9 Å². The van der Waals surface area contributed by atoms with Gasteiger partial charge in [-0.2, -0.15) is 0 Å². The maximum Gasteiger partial charge on any atom is 0.363 e. The second kappa shape index (κ2) is 7.02. The number of aromatic nitrogens is 1. The summed E-state index contributed by atoms with van der Waals surface area (Å²) in [7, 11) is 0. The number of hydrogen-bond acceptors (Lipinski definition) is 3. The van der Waals surface area contributed by atoms with Gasteiger partial charge >= 0.3 is 5.97 Å². The molecule has 5 rings (SSSR count). The third-order valence-corrected chi connectivity index (χ3v) is 7.39. The molecule has 0 bridgehead atoms. The number of carbonyl (C=O) groups is 2. The first-order chi connectivity index (χ1) is 15.1. The smallest absolute Gasteiger partial charge is 0.363 e. The summed E-state index contributed by atoms with van der Waals surface area (Å²) in [6.45, 7) is 6.35. The van der Waals surface area contributed by atoms with Crippen LogP contribution in [0.3, 0.4) is 0 Å². The fraction of sp³-hybridized carbons (Fsp3) is 0.385. The topological polar surface area (TPSA) is 94.8 Å². The number of para-hydroxylation sites is 1. The number of rotatable bonds is 4. The molecule has 6 heteroatoms. The Morgan fingerprint density at radius 1 is 1.28 bits per heavy atom. The van der Waals surface area contributed by atoms with Crippen LogP contribution in [-0.2, 0) is 16.0 Å². The number of carbonyl (C=O) groups excluding carboxylic acids is 1. The molecule has 0 spiro atoms. The predicted octanol–water partition coefficient (Wildman–Crippen LogP) is 2.18. The molecule has 1 aromatic heterocycles. The summed E-state index contributed by atoms with van der Waals surface area (Å²) in [4.78, 5) is 29.6. The number of carboxylic acids is 1. The van der Waals surface area contributed by atoms with Crippen LogP contribution in [0.4, 0.5) is 0 Å². The van der Waals surface area contributed by atoms with Crippen LogP contribution in [-0.4, -0.2) is 45.1 Å². The summed E-state index contributed by atoms with van der Waals surface area (Å²) in [6, 6.07) is 7.09. The summed E-state index contributed by atoms with van der Waals surface area (Å²) >= 11 is 0. The van der Waals surface area contributed by atoms with E-state index in [0.717, 1.165) is 22.9 Å². The average Bonchev–Trinajstić information content (AvgIpc) is 3.31. The van der Waals surface area contributed by atoms with Crippen LogP contribution in [0.15, 0.2) is 65.5 Å². The highest BCUT2D eigenvalue weighted by Gasteiger charge is 2.53. The van der Waals surface area contributed by atoms with Gasteiger partial charge in [-0.15, -0.1) is 0 Å². The highest BCUT2D eigenvalue weighted by Crippen LogP contribution is 2.52. The monoisotopic (exact) mass is 433 g/mol. The number of aromatic amines is 1. The number of carboxylic acid groups (broad SMARTS) is 1. The van der Waals surface area contributed by atoms with Crippen LogP contribution >= 0.6 is 0 Å². The highest BCUT2D eigenvalue weighted by molar-refractivity contribution is 6.14. The van der Waals surface area contributed by atoms with Crippen molar-refractivity contribution < 1.29 is 24.7 Å². The van der Waals surface area contributed by atoms with Gasteiger partial charge in [0.25, 0.3) is 0 Å². The van der Waals surface area contributed by atoms with Crippen LogP contribution < -0.4 is 4.90 Å². The van der Waals surface area contributed by atoms with Crippen molar-refractivity contribution in [3.63, 3.8) is 0 Å². The molecule has 1 aliphatic heterocycles. The SMILES string of the molecule is CC1(C)C=C2C(=O)C3=C[NH+](C(Cc4c[nH]c5ccccc45)C(=O)O)CC=C3C(C)(O)C2C1. The molecule has 1 saturated carbocycles. The van der Waals surface area contributed by atoms with Gasteiger partial charge in [0.15, 0.2) is 11.8 Å². The minimum absolute atomic E-state index is 0.0771. The molecule has 1 fully saturated rings. The van der Waals surface area contributed by atoms with E-state index in [1.807, 2.05) is 42.6 Å². The van der Waals surface area contributed by atoms with E-state index >= 15 is 0 Å². The van der Waals surface area contributed by atoms with Crippen molar-refractivity contribution in [1.82, 2.24) is 4.98 Å². The lowest BCUT2D eigenvalue weighted by atomic mass is 9.67. The predicted molar refractivity (Wildman–Crippen MR) is 121 cm³/mol. The Bertz CT molecular complexity index is 1230. The maximum absolute atomic E-state index is 13.4. The molecule has 32 heavy (non-hydrogen) atoms. The largest absolute Gasteiger partial charge is 0.477 e. The number of quaternary nitrogens is 1. The summed E-state index contributed by atoms with van der Waals surface area (Å²) < 4.78 is 0. The van der Waals surface area contributed by atoms with Gasteiger partial charge in [0, 0.05) is 40.6 Å². The van der Waals surface area contributed by atoms with Gasteiger partial charge in [-0.3, -0.25) is 9.69 Å². The number of aliphatic hydroxyl groups is 1. The summed E-state index contributed by atoms with van der Waals surface area (Å²) in [6.07, 6.45) is 8.52. The number of fused-ring (bicyclic) bond motifs is 3. The van der Waals surface area contributed by atoms with Gasteiger partial charge in [-0.05, 0) is 36.5 Å². The van der Waals surface area contributed by atoms with Gasteiger partial charge in [-0.25, -0.2) is 4.79 Å². The molecule has 3 aliphatic rings. The van der Waals surface area contributed by atoms with E-state index in [1.54, 1.807) is 13.1 Å².